The average Bonchev–Trinajstić information content (AvgIpc) is 2.38. The molecule has 2 rings (SSSR count). The first-order valence-corrected chi connectivity index (χ1v) is 5.89. The molecule has 0 aromatic heterocycles. The van der Waals surface area contributed by atoms with E-state index >= 15 is 0 Å². The highest BCUT2D eigenvalue weighted by molar-refractivity contribution is 5.58. The lowest BCUT2D eigenvalue weighted by Crippen LogP contribution is -2.17. The number of hydrogen-bond acceptors (Lipinski definition) is 3. The van der Waals surface area contributed by atoms with E-state index in [-0.39, 0.29) is 0 Å². The van der Waals surface area contributed by atoms with Crippen molar-refractivity contribution in [3.63, 3.8) is 0 Å². The van der Waals surface area contributed by atoms with E-state index in [1.807, 2.05) is 49.5 Å². The van der Waals surface area contributed by atoms with Gasteiger partial charge in [-0.25, -0.2) is 0 Å². The fourth-order valence-electron chi connectivity index (χ4n) is 2.00. The van der Waals surface area contributed by atoms with Gasteiger partial charge in [-0.15, -0.1) is 0 Å². The molecule has 2 aromatic rings. The Balaban J connectivity index is 2.19. The van der Waals surface area contributed by atoms with Gasteiger partial charge in [-0.05, 0) is 29.8 Å². The highest BCUT2D eigenvalue weighted by Crippen LogP contribution is 2.27. The normalized spacial score (nSPS) is 10.1. The van der Waals surface area contributed by atoms with Crippen molar-refractivity contribution in [3.05, 3.63) is 54.1 Å². The van der Waals surface area contributed by atoms with Crippen molar-refractivity contribution in [1.82, 2.24) is 0 Å². The zero-order valence-corrected chi connectivity index (χ0v) is 10.8. The Morgan fingerprint density at radius 1 is 1.11 bits per heavy atom. The van der Waals surface area contributed by atoms with Crippen molar-refractivity contribution in [2.24, 2.45) is 0 Å². The first-order chi connectivity index (χ1) is 8.70. The molecular weight excluding hydrogens is 224 g/mol. The maximum atomic E-state index is 5.79. The Morgan fingerprint density at radius 3 is 2.61 bits per heavy atom. The number of benzene rings is 2. The molecule has 94 valence electrons. The lowest BCUT2D eigenvalue weighted by atomic mass is 10.2. The second-order valence-corrected chi connectivity index (χ2v) is 4.27. The first kappa shape index (κ1) is 12.3. The van der Waals surface area contributed by atoms with Crippen LogP contribution in [0, 0.1) is 0 Å². The third-order valence-electron chi connectivity index (χ3n) is 2.87. The van der Waals surface area contributed by atoms with Gasteiger partial charge in [-0.2, -0.15) is 0 Å². The molecule has 0 saturated heterocycles. The molecule has 0 saturated carbocycles. The molecule has 0 unspecified atom stereocenters. The second kappa shape index (κ2) is 5.45. The van der Waals surface area contributed by atoms with Crippen molar-refractivity contribution < 1.29 is 4.74 Å². The van der Waals surface area contributed by atoms with Crippen LogP contribution < -0.4 is 15.4 Å². The van der Waals surface area contributed by atoms with Gasteiger partial charge in [-0.1, -0.05) is 24.3 Å². The number of nitrogens with two attached hydrogens (primary N) is 1. The Morgan fingerprint density at radius 2 is 1.89 bits per heavy atom. The number of nitrogens with zero attached hydrogens (tertiary/aromatic N) is 1. The van der Waals surface area contributed by atoms with Gasteiger partial charge in [0.25, 0.3) is 0 Å². The summed E-state index contributed by atoms with van der Waals surface area (Å²) in [4.78, 5) is 2.15. The Labute approximate surface area is 108 Å². The molecule has 3 nitrogen and oxygen atoms in total. The minimum Gasteiger partial charge on any atom is -0.495 e. The largest absolute Gasteiger partial charge is 0.495 e. The SMILES string of the molecule is COc1ccccc1N(C)Cc1cccc(N)c1. The van der Waals surface area contributed by atoms with Gasteiger partial charge in [0, 0.05) is 19.3 Å². The summed E-state index contributed by atoms with van der Waals surface area (Å²) in [6, 6.07) is 15.9. The molecule has 18 heavy (non-hydrogen) atoms. The highest BCUT2D eigenvalue weighted by Gasteiger charge is 2.07. The molecule has 0 aliphatic carbocycles. The highest BCUT2D eigenvalue weighted by atomic mass is 16.5. The third-order valence-corrected chi connectivity index (χ3v) is 2.87. The summed E-state index contributed by atoms with van der Waals surface area (Å²) in [6.45, 7) is 0.797. The van der Waals surface area contributed by atoms with E-state index in [9.17, 15) is 0 Å². The van der Waals surface area contributed by atoms with Crippen LogP contribution in [0.2, 0.25) is 0 Å². The molecule has 2 aromatic carbocycles. The molecule has 0 atom stereocenters. The van der Waals surface area contributed by atoms with Crippen LogP contribution in [0.5, 0.6) is 5.75 Å². The minimum atomic E-state index is 0.793. The number of methoxy groups -OCH3 is 1. The van der Waals surface area contributed by atoms with Gasteiger partial charge in [0.2, 0.25) is 0 Å². The van der Waals surface area contributed by atoms with E-state index in [2.05, 4.69) is 11.0 Å². The van der Waals surface area contributed by atoms with E-state index in [1.165, 1.54) is 5.56 Å². The van der Waals surface area contributed by atoms with Gasteiger partial charge in [-0.3, -0.25) is 0 Å². The summed E-state index contributed by atoms with van der Waals surface area (Å²) < 4.78 is 5.36. The second-order valence-electron chi connectivity index (χ2n) is 4.27. The standard InChI is InChI=1S/C15H18N2O/c1-17(11-12-6-5-7-13(16)10-12)14-8-3-4-9-15(14)18-2/h3-10H,11,16H2,1-2H3. The van der Waals surface area contributed by atoms with Crippen molar-refractivity contribution in [1.29, 1.82) is 0 Å². The third kappa shape index (κ3) is 2.74. The lowest BCUT2D eigenvalue weighted by molar-refractivity contribution is 0.415. The van der Waals surface area contributed by atoms with E-state index < -0.39 is 0 Å². The van der Waals surface area contributed by atoms with Crippen LogP contribution in [0.1, 0.15) is 5.56 Å². The van der Waals surface area contributed by atoms with Crippen molar-refractivity contribution in [2.45, 2.75) is 6.54 Å². The number of anilines is 2. The summed E-state index contributed by atoms with van der Waals surface area (Å²) in [5.74, 6) is 0.879. The Hall–Kier alpha value is -2.16. The molecule has 0 bridgehead atoms. The maximum absolute atomic E-state index is 5.79. The summed E-state index contributed by atoms with van der Waals surface area (Å²) in [5.41, 5.74) is 8.83. The van der Waals surface area contributed by atoms with E-state index in [1.54, 1.807) is 7.11 Å². The summed E-state index contributed by atoms with van der Waals surface area (Å²) in [5, 5.41) is 0. The quantitative estimate of drug-likeness (QED) is 0.838. The number of rotatable bonds is 4. The van der Waals surface area contributed by atoms with E-state index in [4.69, 9.17) is 10.5 Å². The van der Waals surface area contributed by atoms with E-state index in [0.29, 0.717) is 0 Å². The Bertz CT molecular complexity index is 525. The van der Waals surface area contributed by atoms with Crippen molar-refractivity contribution >= 4 is 11.4 Å². The van der Waals surface area contributed by atoms with Gasteiger partial charge >= 0.3 is 0 Å². The van der Waals surface area contributed by atoms with Crippen LogP contribution >= 0.6 is 0 Å². The molecular formula is C15H18N2O. The fourth-order valence-corrected chi connectivity index (χ4v) is 2.00. The molecule has 2 N–H and O–H groups in total. The predicted molar refractivity (Wildman–Crippen MR) is 76.0 cm³/mol. The summed E-state index contributed by atoms with van der Waals surface area (Å²) in [7, 11) is 3.73. The summed E-state index contributed by atoms with van der Waals surface area (Å²) in [6.07, 6.45) is 0. The van der Waals surface area contributed by atoms with Crippen molar-refractivity contribution in [3.8, 4) is 5.75 Å². The molecule has 0 aliphatic rings. The first-order valence-electron chi connectivity index (χ1n) is 5.89. The molecule has 0 radical (unpaired) electrons. The molecule has 0 spiro atoms. The van der Waals surface area contributed by atoms with Crippen LogP contribution in [0.15, 0.2) is 48.5 Å². The number of para-hydroxylation sites is 2. The minimum absolute atomic E-state index is 0.793. The van der Waals surface area contributed by atoms with Gasteiger partial charge < -0.3 is 15.4 Å². The molecule has 0 amide bonds. The Kier molecular flexibility index (Phi) is 3.72. The van der Waals surface area contributed by atoms with Crippen LogP contribution in [0.4, 0.5) is 11.4 Å². The van der Waals surface area contributed by atoms with Gasteiger partial charge in [0.1, 0.15) is 5.75 Å². The van der Waals surface area contributed by atoms with Crippen LogP contribution in [-0.4, -0.2) is 14.2 Å². The molecule has 0 aliphatic heterocycles. The number of nitrogen functional groups attached to an aromatic ring is 1. The predicted octanol–water partition coefficient (Wildman–Crippen LogP) is 2.91. The number of hydrogen-bond donors (Lipinski definition) is 1. The van der Waals surface area contributed by atoms with E-state index in [0.717, 1.165) is 23.7 Å². The smallest absolute Gasteiger partial charge is 0.142 e. The van der Waals surface area contributed by atoms with Crippen LogP contribution in [0.25, 0.3) is 0 Å². The monoisotopic (exact) mass is 242 g/mol. The number of ether oxygens (including phenoxy) is 1. The van der Waals surface area contributed by atoms with Crippen LogP contribution in [-0.2, 0) is 6.54 Å². The lowest BCUT2D eigenvalue weighted by Gasteiger charge is -2.21. The van der Waals surface area contributed by atoms with Crippen molar-refractivity contribution in [2.75, 3.05) is 24.8 Å². The summed E-state index contributed by atoms with van der Waals surface area (Å²) >= 11 is 0. The molecule has 0 heterocycles. The zero-order chi connectivity index (χ0) is 13.0. The van der Waals surface area contributed by atoms with Gasteiger partial charge in [0.05, 0.1) is 12.8 Å². The average molecular weight is 242 g/mol. The molecule has 3 heteroatoms. The maximum Gasteiger partial charge on any atom is 0.142 e. The van der Waals surface area contributed by atoms with Gasteiger partial charge in [0.15, 0.2) is 0 Å². The molecule has 0 fully saturated rings. The van der Waals surface area contributed by atoms with Crippen LogP contribution in [0.3, 0.4) is 0 Å². The zero-order valence-electron chi connectivity index (χ0n) is 10.8. The fraction of sp³-hybridized carbons (Fsp3) is 0.200. The topological polar surface area (TPSA) is 38.5 Å².